The zero-order valence-electron chi connectivity index (χ0n) is 17.7. The molecule has 0 radical (unpaired) electrons. The van der Waals surface area contributed by atoms with Crippen molar-refractivity contribution in [2.45, 2.75) is 26.1 Å². The van der Waals surface area contributed by atoms with Gasteiger partial charge in [0.2, 0.25) is 5.96 Å². The van der Waals surface area contributed by atoms with E-state index in [1.807, 2.05) is 47.5 Å². The van der Waals surface area contributed by atoms with Gasteiger partial charge in [-0.05, 0) is 23.8 Å². The van der Waals surface area contributed by atoms with Crippen molar-refractivity contribution in [2.24, 2.45) is 4.99 Å². The lowest BCUT2D eigenvalue weighted by Gasteiger charge is -2.37. The Morgan fingerprint density at radius 2 is 1.68 bits per heavy atom. The number of nitrogens with one attached hydrogen (secondary N) is 1. The molecule has 1 N–H and O–H groups in total. The highest BCUT2D eigenvalue weighted by Gasteiger charge is 2.33. The van der Waals surface area contributed by atoms with Crippen LogP contribution in [0.2, 0.25) is 0 Å². The third-order valence-corrected chi connectivity index (χ3v) is 5.57. The van der Waals surface area contributed by atoms with E-state index in [0.717, 1.165) is 34.5 Å². The summed E-state index contributed by atoms with van der Waals surface area (Å²) in [7, 11) is 1.69. The molecule has 1 aromatic heterocycles. The van der Waals surface area contributed by atoms with Crippen molar-refractivity contribution < 1.29 is 4.84 Å². The van der Waals surface area contributed by atoms with Crippen LogP contribution in [0.25, 0.3) is 11.0 Å². The second-order valence-electron chi connectivity index (χ2n) is 7.45. The van der Waals surface area contributed by atoms with Gasteiger partial charge in [0.1, 0.15) is 12.0 Å². The van der Waals surface area contributed by atoms with Crippen LogP contribution >= 0.6 is 0 Å². The van der Waals surface area contributed by atoms with Crippen LogP contribution in [-0.2, 0) is 17.8 Å². The van der Waals surface area contributed by atoms with E-state index in [9.17, 15) is 0 Å². The minimum Gasteiger partial charge on any atom is -0.287 e. The number of nitrogens with zero attached hydrogens (tertiary/aromatic N) is 4. The van der Waals surface area contributed by atoms with Gasteiger partial charge in [-0.3, -0.25) is 14.7 Å². The highest BCUT2D eigenvalue weighted by Crippen LogP contribution is 2.35. The molecule has 1 unspecified atom stereocenters. The Hall–Kier alpha value is -3.48. The molecule has 1 aliphatic heterocycles. The third-order valence-electron chi connectivity index (χ3n) is 5.57. The van der Waals surface area contributed by atoms with Crippen molar-refractivity contribution in [1.82, 2.24) is 19.9 Å². The topological polar surface area (TPSA) is 54.7 Å². The molecule has 31 heavy (non-hydrogen) atoms. The summed E-state index contributed by atoms with van der Waals surface area (Å²) in [6.07, 6.45) is 0.592. The van der Waals surface area contributed by atoms with Gasteiger partial charge in [0, 0.05) is 18.5 Å². The maximum absolute atomic E-state index is 5.93. The molecular weight excluding hydrogens is 386 g/mol. The van der Waals surface area contributed by atoms with Gasteiger partial charge in [-0.2, -0.15) is 5.06 Å². The van der Waals surface area contributed by atoms with E-state index in [1.54, 1.807) is 7.11 Å². The number of aromatic nitrogens is 2. The molecule has 0 spiro atoms. The first kappa shape index (κ1) is 19.5. The predicted octanol–water partition coefficient (Wildman–Crippen LogP) is 4.80. The third kappa shape index (κ3) is 3.50. The molecule has 0 amide bonds. The first-order valence-corrected chi connectivity index (χ1v) is 10.5. The Bertz CT molecular complexity index is 1230. The summed E-state index contributed by atoms with van der Waals surface area (Å²) in [6, 6.07) is 26.7. The predicted molar refractivity (Wildman–Crippen MR) is 123 cm³/mol. The van der Waals surface area contributed by atoms with Crippen LogP contribution in [0, 0.1) is 0 Å². The number of fused-ring (bicyclic) bond motifs is 2. The molecule has 5 rings (SSSR count). The fraction of sp³-hybridized carbons (Fsp3) is 0.200. The van der Waals surface area contributed by atoms with Crippen LogP contribution in [-0.4, -0.2) is 27.7 Å². The molecule has 156 valence electrons. The maximum Gasteiger partial charge on any atom is 0.238 e. The largest absolute Gasteiger partial charge is 0.287 e. The van der Waals surface area contributed by atoms with Crippen molar-refractivity contribution in [3.63, 3.8) is 0 Å². The summed E-state index contributed by atoms with van der Waals surface area (Å²) in [5, 5.41) is 5.50. The molecule has 2 heterocycles. The molecule has 0 aliphatic carbocycles. The van der Waals surface area contributed by atoms with Gasteiger partial charge in [-0.15, -0.1) is 0 Å². The standard InChI is InChI=1S/C25H25N5O/c1-3-23-27-21-15-9-10-16-22(21)29(23)25-28-20-14-8-7-13-19(20)24(30(25)31-2)26-17-18-11-5-4-6-12-18/h4-16,24,26H,3,17H2,1-2H3. The average Bonchev–Trinajstić information content (AvgIpc) is 3.21. The SMILES string of the molecule is CCc1nc2ccccc2n1C1=Nc2ccccc2C(NCc2ccccc2)N1OC. The van der Waals surface area contributed by atoms with Gasteiger partial charge >= 0.3 is 0 Å². The van der Waals surface area contributed by atoms with Crippen molar-refractivity contribution in [3.8, 4) is 0 Å². The molecule has 1 aliphatic rings. The van der Waals surface area contributed by atoms with Gasteiger partial charge in [0.15, 0.2) is 0 Å². The molecular formula is C25H25N5O. The first-order valence-electron chi connectivity index (χ1n) is 10.5. The number of hydroxylamine groups is 2. The highest BCUT2D eigenvalue weighted by atomic mass is 16.7. The number of aryl methyl sites for hydroxylation is 1. The highest BCUT2D eigenvalue weighted by molar-refractivity contribution is 5.95. The van der Waals surface area contributed by atoms with Crippen LogP contribution in [0.15, 0.2) is 83.9 Å². The van der Waals surface area contributed by atoms with Crippen LogP contribution < -0.4 is 5.32 Å². The van der Waals surface area contributed by atoms with Crippen molar-refractivity contribution in [2.75, 3.05) is 7.11 Å². The number of imidazole rings is 1. The van der Waals surface area contributed by atoms with Crippen LogP contribution in [0.3, 0.4) is 0 Å². The molecule has 0 bridgehead atoms. The number of para-hydroxylation sites is 3. The Morgan fingerprint density at radius 3 is 2.48 bits per heavy atom. The lowest BCUT2D eigenvalue weighted by atomic mass is 10.1. The summed E-state index contributed by atoms with van der Waals surface area (Å²) in [5.41, 5.74) is 5.18. The number of hydrogen-bond acceptors (Lipinski definition) is 5. The summed E-state index contributed by atoms with van der Waals surface area (Å²) in [5.74, 6) is 1.65. The average molecular weight is 412 g/mol. The molecule has 6 heteroatoms. The molecule has 0 fully saturated rings. The minimum absolute atomic E-state index is 0.195. The number of aliphatic imine (C=N–C) groups is 1. The van der Waals surface area contributed by atoms with E-state index in [2.05, 4.69) is 53.2 Å². The quantitative estimate of drug-likeness (QED) is 0.513. The molecule has 0 saturated carbocycles. The van der Waals surface area contributed by atoms with Gasteiger partial charge in [-0.1, -0.05) is 67.6 Å². The Labute approximate surface area is 181 Å². The first-order chi connectivity index (χ1) is 15.3. The smallest absolute Gasteiger partial charge is 0.238 e. The zero-order valence-corrected chi connectivity index (χ0v) is 17.7. The molecule has 3 aromatic carbocycles. The van der Waals surface area contributed by atoms with E-state index in [0.29, 0.717) is 12.5 Å². The molecule has 0 saturated heterocycles. The Kier molecular flexibility index (Phi) is 5.24. The van der Waals surface area contributed by atoms with Gasteiger partial charge in [0.25, 0.3) is 0 Å². The van der Waals surface area contributed by atoms with Gasteiger partial charge < -0.3 is 0 Å². The van der Waals surface area contributed by atoms with E-state index in [-0.39, 0.29) is 6.17 Å². The van der Waals surface area contributed by atoms with E-state index in [4.69, 9.17) is 14.8 Å². The lowest BCUT2D eigenvalue weighted by molar-refractivity contribution is -0.112. The van der Waals surface area contributed by atoms with Crippen molar-refractivity contribution in [3.05, 3.63) is 95.8 Å². The summed E-state index contributed by atoms with van der Waals surface area (Å²) >= 11 is 0. The molecule has 4 aromatic rings. The Balaban J connectivity index is 1.62. The monoisotopic (exact) mass is 411 g/mol. The van der Waals surface area contributed by atoms with Crippen LogP contribution in [0.4, 0.5) is 5.69 Å². The van der Waals surface area contributed by atoms with Crippen molar-refractivity contribution in [1.29, 1.82) is 0 Å². The summed E-state index contributed by atoms with van der Waals surface area (Å²) < 4.78 is 2.10. The van der Waals surface area contributed by atoms with Crippen LogP contribution in [0.1, 0.15) is 30.0 Å². The molecule has 6 nitrogen and oxygen atoms in total. The number of hydrogen-bond donors (Lipinski definition) is 1. The second-order valence-corrected chi connectivity index (χ2v) is 7.45. The summed E-state index contributed by atoms with van der Waals surface area (Å²) in [4.78, 5) is 15.8. The minimum atomic E-state index is -0.195. The Morgan fingerprint density at radius 1 is 0.935 bits per heavy atom. The number of rotatable bonds is 5. The maximum atomic E-state index is 5.93. The fourth-order valence-corrected chi connectivity index (χ4v) is 4.09. The van der Waals surface area contributed by atoms with Gasteiger partial charge in [-0.25, -0.2) is 9.98 Å². The van der Waals surface area contributed by atoms with E-state index < -0.39 is 0 Å². The lowest BCUT2D eigenvalue weighted by Crippen LogP contribution is -2.46. The van der Waals surface area contributed by atoms with E-state index >= 15 is 0 Å². The second kappa shape index (κ2) is 8.34. The normalized spacial score (nSPS) is 15.7. The van der Waals surface area contributed by atoms with Gasteiger partial charge in [0.05, 0.1) is 23.8 Å². The summed E-state index contributed by atoms with van der Waals surface area (Å²) in [6.45, 7) is 2.82. The zero-order chi connectivity index (χ0) is 21.2. The van der Waals surface area contributed by atoms with Crippen molar-refractivity contribution >= 4 is 22.7 Å². The van der Waals surface area contributed by atoms with E-state index in [1.165, 1.54) is 5.56 Å². The fourth-order valence-electron chi connectivity index (χ4n) is 4.09. The van der Waals surface area contributed by atoms with Crippen LogP contribution in [0.5, 0.6) is 0 Å². The molecule has 1 atom stereocenters. The number of benzene rings is 3.